The number of rotatable bonds is 4. The zero-order valence-electron chi connectivity index (χ0n) is 15.3. The monoisotopic (exact) mass is 397 g/mol. The summed E-state index contributed by atoms with van der Waals surface area (Å²) in [6, 6.07) is 11.2. The van der Waals surface area contributed by atoms with Crippen LogP contribution in [-0.4, -0.2) is 35.9 Å². The van der Waals surface area contributed by atoms with Crippen molar-refractivity contribution in [3.05, 3.63) is 70.9 Å². The first-order valence-corrected chi connectivity index (χ1v) is 8.17. The van der Waals surface area contributed by atoms with E-state index in [1.54, 1.807) is 30.3 Å². The van der Waals surface area contributed by atoms with Gasteiger partial charge in [-0.15, -0.1) is 0 Å². The smallest absolute Gasteiger partial charge is 0.357 e. The Balaban J connectivity index is 2.41. The first kappa shape index (κ1) is 19.7. The molecule has 0 unspecified atom stereocenters. The van der Waals surface area contributed by atoms with E-state index < -0.39 is 40.3 Å². The summed E-state index contributed by atoms with van der Waals surface area (Å²) >= 11 is 0. The van der Waals surface area contributed by atoms with Gasteiger partial charge in [0.2, 0.25) is 0 Å². The number of halogens is 2. The molecule has 0 aliphatic rings. The standard InChI is InChI=1S/C20H13F2N3O4/c1-28-19(26)16-17(13-9-14(21)11(10-23)8-15(13)22)24-25(18(16)20(27)29-2)12-6-4-3-5-7-12/h3-9H,1-2H3. The fourth-order valence-electron chi connectivity index (χ4n) is 2.76. The largest absolute Gasteiger partial charge is 0.465 e. The number of para-hydroxylation sites is 1. The molecule has 146 valence electrons. The van der Waals surface area contributed by atoms with Crippen LogP contribution in [0, 0.1) is 23.0 Å². The molecule has 3 rings (SSSR count). The van der Waals surface area contributed by atoms with E-state index in [2.05, 4.69) is 5.10 Å². The van der Waals surface area contributed by atoms with Gasteiger partial charge in [-0.25, -0.2) is 23.1 Å². The van der Waals surface area contributed by atoms with Gasteiger partial charge in [-0.2, -0.15) is 10.4 Å². The molecule has 29 heavy (non-hydrogen) atoms. The summed E-state index contributed by atoms with van der Waals surface area (Å²) in [5, 5.41) is 13.0. The third-order valence-electron chi connectivity index (χ3n) is 4.09. The molecule has 9 heteroatoms. The molecule has 0 saturated heterocycles. The lowest BCUT2D eigenvalue weighted by Gasteiger charge is -2.07. The first-order valence-electron chi connectivity index (χ1n) is 8.17. The van der Waals surface area contributed by atoms with Gasteiger partial charge in [-0.05, 0) is 24.3 Å². The molecular formula is C20H13F2N3O4. The summed E-state index contributed by atoms with van der Waals surface area (Å²) in [5.74, 6) is -3.93. The number of ether oxygens (including phenoxy) is 2. The zero-order valence-corrected chi connectivity index (χ0v) is 15.3. The Labute approximate surface area is 163 Å². The maximum atomic E-state index is 14.6. The average Bonchev–Trinajstić information content (AvgIpc) is 3.14. The van der Waals surface area contributed by atoms with Gasteiger partial charge in [0.15, 0.2) is 5.69 Å². The normalized spacial score (nSPS) is 10.3. The number of hydrogen-bond donors (Lipinski definition) is 0. The number of methoxy groups -OCH3 is 2. The second-order valence-corrected chi connectivity index (χ2v) is 5.73. The van der Waals surface area contributed by atoms with E-state index in [1.165, 1.54) is 6.07 Å². The van der Waals surface area contributed by atoms with Crippen LogP contribution in [0.5, 0.6) is 0 Å². The number of carbonyl (C=O) groups excluding carboxylic acids is 2. The van der Waals surface area contributed by atoms with Gasteiger partial charge in [0, 0.05) is 5.56 Å². The zero-order chi connectivity index (χ0) is 21.1. The summed E-state index contributed by atoms with van der Waals surface area (Å²) in [6.45, 7) is 0. The fourth-order valence-corrected chi connectivity index (χ4v) is 2.76. The van der Waals surface area contributed by atoms with E-state index in [1.807, 2.05) is 0 Å². The Kier molecular flexibility index (Phi) is 5.36. The van der Waals surface area contributed by atoms with Crippen LogP contribution in [0.1, 0.15) is 26.4 Å². The molecule has 0 radical (unpaired) electrons. The van der Waals surface area contributed by atoms with E-state index in [9.17, 15) is 18.4 Å². The van der Waals surface area contributed by atoms with E-state index in [0.717, 1.165) is 25.0 Å². The minimum atomic E-state index is -1.01. The summed E-state index contributed by atoms with van der Waals surface area (Å²) in [5.41, 5.74) is -1.60. The number of carbonyl (C=O) groups is 2. The van der Waals surface area contributed by atoms with E-state index in [4.69, 9.17) is 14.7 Å². The maximum absolute atomic E-state index is 14.6. The van der Waals surface area contributed by atoms with Crippen LogP contribution in [0.15, 0.2) is 42.5 Å². The Morgan fingerprint density at radius 2 is 1.69 bits per heavy atom. The lowest BCUT2D eigenvalue weighted by molar-refractivity contribution is 0.0549. The second kappa shape index (κ2) is 7.90. The predicted molar refractivity (Wildman–Crippen MR) is 96.3 cm³/mol. The quantitative estimate of drug-likeness (QED) is 0.627. The van der Waals surface area contributed by atoms with Crippen molar-refractivity contribution in [3.63, 3.8) is 0 Å². The minimum Gasteiger partial charge on any atom is -0.465 e. The van der Waals surface area contributed by atoms with Gasteiger partial charge >= 0.3 is 11.9 Å². The number of hydrogen-bond acceptors (Lipinski definition) is 6. The summed E-state index contributed by atoms with van der Waals surface area (Å²) in [4.78, 5) is 24.9. The van der Waals surface area contributed by atoms with Crippen molar-refractivity contribution in [1.82, 2.24) is 9.78 Å². The van der Waals surface area contributed by atoms with Crippen LogP contribution in [-0.2, 0) is 9.47 Å². The van der Waals surface area contributed by atoms with Gasteiger partial charge in [0.05, 0.1) is 25.5 Å². The molecule has 2 aromatic carbocycles. The molecule has 1 aromatic heterocycles. The van der Waals surface area contributed by atoms with Crippen LogP contribution in [0.2, 0.25) is 0 Å². The highest BCUT2D eigenvalue weighted by Crippen LogP contribution is 2.32. The highest BCUT2D eigenvalue weighted by Gasteiger charge is 2.32. The molecule has 1 heterocycles. The molecule has 0 aliphatic carbocycles. The minimum absolute atomic E-state index is 0.315. The third kappa shape index (κ3) is 3.43. The summed E-state index contributed by atoms with van der Waals surface area (Å²) < 4.78 is 39.4. The van der Waals surface area contributed by atoms with Crippen LogP contribution in [0.4, 0.5) is 8.78 Å². The highest BCUT2D eigenvalue weighted by atomic mass is 19.1. The van der Waals surface area contributed by atoms with Crippen molar-refractivity contribution in [2.24, 2.45) is 0 Å². The summed E-state index contributed by atoms with van der Waals surface area (Å²) in [7, 11) is 2.18. The van der Waals surface area contributed by atoms with Gasteiger partial charge in [0.25, 0.3) is 0 Å². The van der Waals surface area contributed by atoms with Crippen LogP contribution >= 0.6 is 0 Å². The van der Waals surface area contributed by atoms with Crippen LogP contribution < -0.4 is 0 Å². The van der Waals surface area contributed by atoms with Gasteiger partial charge in [-0.1, -0.05) is 18.2 Å². The van der Waals surface area contributed by atoms with Crippen molar-refractivity contribution in [2.45, 2.75) is 0 Å². The second-order valence-electron chi connectivity index (χ2n) is 5.73. The summed E-state index contributed by atoms with van der Waals surface area (Å²) in [6.07, 6.45) is 0. The SMILES string of the molecule is COC(=O)c1c(-c2cc(F)c(C#N)cc2F)nn(-c2ccccc2)c1C(=O)OC. The van der Waals surface area contributed by atoms with Crippen molar-refractivity contribution < 1.29 is 27.8 Å². The number of aromatic nitrogens is 2. The van der Waals surface area contributed by atoms with E-state index in [0.29, 0.717) is 11.8 Å². The lowest BCUT2D eigenvalue weighted by atomic mass is 10.0. The Hall–Kier alpha value is -4.06. The third-order valence-corrected chi connectivity index (χ3v) is 4.09. The van der Waals surface area contributed by atoms with Crippen molar-refractivity contribution in [3.8, 4) is 23.0 Å². The van der Waals surface area contributed by atoms with Crippen molar-refractivity contribution in [1.29, 1.82) is 5.26 Å². The number of esters is 2. The lowest BCUT2D eigenvalue weighted by Crippen LogP contribution is -2.15. The molecule has 0 atom stereocenters. The molecule has 0 bridgehead atoms. The maximum Gasteiger partial charge on any atom is 0.357 e. The van der Waals surface area contributed by atoms with Gasteiger partial charge in [-0.3, -0.25) is 0 Å². The molecule has 0 amide bonds. The van der Waals surface area contributed by atoms with Crippen LogP contribution in [0.3, 0.4) is 0 Å². The average molecular weight is 397 g/mol. The first-order chi connectivity index (χ1) is 13.9. The molecule has 0 fully saturated rings. The fraction of sp³-hybridized carbons (Fsp3) is 0.100. The molecular weight excluding hydrogens is 384 g/mol. The van der Waals surface area contributed by atoms with Crippen molar-refractivity contribution in [2.75, 3.05) is 14.2 Å². The van der Waals surface area contributed by atoms with Gasteiger partial charge in [0.1, 0.15) is 29.0 Å². The molecule has 0 N–H and O–H groups in total. The van der Waals surface area contributed by atoms with Crippen LogP contribution in [0.25, 0.3) is 16.9 Å². The Bertz CT molecular complexity index is 1150. The number of benzene rings is 2. The number of nitrogens with zero attached hydrogens (tertiary/aromatic N) is 3. The topological polar surface area (TPSA) is 94.2 Å². The molecule has 3 aromatic rings. The van der Waals surface area contributed by atoms with Gasteiger partial charge < -0.3 is 9.47 Å². The molecule has 0 saturated carbocycles. The van der Waals surface area contributed by atoms with Crippen molar-refractivity contribution >= 4 is 11.9 Å². The predicted octanol–water partition coefficient (Wildman–Crippen LogP) is 3.26. The molecule has 7 nitrogen and oxygen atoms in total. The molecule has 0 spiro atoms. The Morgan fingerprint density at radius 3 is 2.28 bits per heavy atom. The number of nitriles is 1. The Morgan fingerprint density at radius 1 is 1.03 bits per heavy atom. The highest BCUT2D eigenvalue weighted by molar-refractivity contribution is 6.06. The van der Waals surface area contributed by atoms with E-state index >= 15 is 0 Å². The molecule has 0 aliphatic heterocycles. The van der Waals surface area contributed by atoms with E-state index in [-0.39, 0.29) is 11.4 Å².